The van der Waals surface area contributed by atoms with E-state index < -0.39 is 30.8 Å². The fourth-order valence-corrected chi connectivity index (χ4v) is 5.98. The van der Waals surface area contributed by atoms with Crippen LogP contribution in [0.15, 0.2) is 60.7 Å². The molecule has 0 heterocycles. The van der Waals surface area contributed by atoms with Gasteiger partial charge in [0.2, 0.25) is 7.37 Å². The molecule has 8 heteroatoms. The van der Waals surface area contributed by atoms with Gasteiger partial charge in [-0.1, -0.05) is 60.7 Å². The summed E-state index contributed by atoms with van der Waals surface area (Å²) in [6.45, 7) is 7.40. The molecule has 2 aromatic carbocycles. The molecule has 0 aliphatic heterocycles. The summed E-state index contributed by atoms with van der Waals surface area (Å²) in [5, 5.41) is 2.75. The Kier molecular flexibility index (Phi) is 10.1. The number of hydrogen-bond donors (Lipinski definition) is 1. The number of hydrogen-bond acceptors (Lipinski definition) is 6. The zero-order valence-corrected chi connectivity index (χ0v) is 20.7. The molecular formula is C25H34NO6P. The van der Waals surface area contributed by atoms with Gasteiger partial charge in [-0.15, -0.1) is 0 Å². The van der Waals surface area contributed by atoms with Gasteiger partial charge in [0, 0.05) is 12.6 Å². The number of carbonyl (C=O) groups excluding carboxylic acids is 2. The van der Waals surface area contributed by atoms with Crippen LogP contribution in [0.1, 0.15) is 45.2 Å². The van der Waals surface area contributed by atoms with E-state index in [9.17, 15) is 14.2 Å². The van der Waals surface area contributed by atoms with Crippen molar-refractivity contribution < 1.29 is 28.2 Å². The van der Waals surface area contributed by atoms with Gasteiger partial charge in [0.25, 0.3) is 0 Å². The van der Waals surface area contributed by atoms with Crippen molar-refractivity contribution >= 4 is 19.4 Å². The van der Waals surface area contributed by atoms with Crippen LogP contribution in [0.4, 0.5) is 4.79 Å². The SMILES string of the molecule is CCOC(=O)CCP(=O)(OC(C)(C)C)C(Cc1ccccc1)NC(=O)OCc1ccccc1. The van der Waals surface area contributed by atoms with Crippen molar-refractivity contribution in [2.24, 2.45) is 0 Å². The summed E-state index contributed by atoms with van der Waals surface area (Å²) in [5.74, 6) is -1.34. The van der Waals surface area contributed by atoms with Crippen LogP contribution in [0.25, 0.3) is 0 Å². The van der Waals surface area contributed by atoms with Crippen LogP contribution in [0.5, 0.6) is 0 Å². The molecule has 180 valence electrons. The predicted molar refractivity (Wildman–Crippen MR) is 128 cm³/mol. The van der Waals surface area contributed by atoms with Gasteiger partial charge in [-0.2, -0.15) is 0 Å². The van der Waals surface area contributed by atoms with E-state index in [4.69, 9.17) is 14.0 Å². The standard InChI is InChI=1S/C25H34NO6P/c1-5-30-23(27)16-17-33(29,32-25(2,3)4)22(18-20-12-8-6-9-13-20)26-24(28)31-19-21-14-10-7-11-15-21/h6-15,22H,5,16-19H2,1-4H3,(H,26,28). The second kappa shape index (κ2) is 12.6. The lowest BCUT2D eigenvalue weighted by molar-refractivity contribution is -0.142. The minimum Gasteiger partial charge on any atom is -0.466 e. The van der Waals surface area contributed by atoms with E-state index in [1.165, 1.54) is 0 Å². The zero-order valence-electron chi connectivity index (χ0n) is 19.8. The molecule has 33 heavy (non-hydrogen) atoms. The molecule has 0 bridgehead atoms. The molecule has 0 aliphatic rings. The fraction of sp³-hybridized carbons (Fsp3) is 0.440. The molecule has 0 radical (unpaired) electrons. The van der Waals surface area contributed by atoms with Crippen LogP contribution in [0, 0.1) is 0 Å². The van der Waals surface area contributed by atoms with Gasteiger partial charge in [-0.3, -0.25) is 9.36 Å². The molecule has 7 nitrogen and oxygen atoms in total. The highest BCUT2D eigenvalue weighted by molar-refractivity contribution is 7.59. The van der Waals surface area contributed by atoms with Crippen LogP contribution < -0.4 is 5.32 Å². The molecule has 0 aromatic heterocycles. The summed E-state index contributed by atoms with van der Waals surface area (Å²) in [5.41, 5.74) is 0.956. The fourth-order valence-electron chi connectivity index (χ4n) is 3.24. The summed E-state index contributed by atoms with van der Waals surface area (Å²) in [6.07, 6.45) is -0.571. The van der Waals surface area contributed by atoms with E-state index in [1.54, 1.807) is 27.7 Å². The normalized spacial score (nSPS) is 14.1. The Morgan fingerprint density at radius 3 is 2.06 bits per heavy atom. The number of rotatable bonds is 11. The van der Waals surface area contributed by atoms with E-state index in [0.29, 0.717) is 0 Å². The smallest absolute Gasteiger partial charge is 0.408 e. The zero-order chi connectivity index (χ0) is 24.3. The van der Waals surface area contributed by atoms with Gasteiger partial charge in [0.15, 0.2) is 0 Å². The van der Waals surface area contributed by atoms with Crippen molar-refractivity contribution in [1.29, 1.82) is 0 Å². The minimum absolute atomic E-state index is 0.0560. The van der Waals surface area contributed by atoms with E-state index in [2.05, 4.69) is 5.32 Å². The third-order valence-electron chi connectivity index (χ3n) is 4.61. The number of amides is 1. The Morgan fingerprint density at radius 1 is 0.939 bits per heavy atom. The monoisotopic (exact) mass is 475 g/mol. The lowest BCUT2D eigenvalue weighted by Gasteiger charge is -2.33. The van der Waals surface area contributed by atoms with Crippen LogP contribution >= 0.6 is 7.37 Å². The van der Waals surface area contributed by atoms with Gasteiger partial charge in [0.05, 0.1) is 18.6 Å². The Labute approximate surface area is 196 Å². The third-order valence-corrected chi connectivity index (χ3v) is 7.57. The maximum atomic E-state index is 14.2. The molecule has 0 aliphatic carbocycles. The largest absolute Gasteiger partial charge is 0.466 e. The molecule has 0 saturated carbocycles. The summed E-state index contributed by atoms with van der Waals surface area (Å²) >= 11 is 0. The molecule has 2 aromatic rings. The molecule has 1 amide bonds. The summed E-state index contributed by atoms with van der Waals surface area (Å²) in [7, 11) is -3.56. The molecular weight excluding hydrogens is 441 g/mol. The lowest BCUT2D eigenvalue weighted by Crippen LogP contribution is -2.39. The van der Waals surface area contributed by atoms with Crippen molar-refractivity contribution in [1.82, 2.24) is 5.32 Å². The molecule has 2 unspecified atom stereocenters. The van der Waals surface area contributed by atoms with Crippen molar-refractivity contribution in [2.75, 3.05) is 12.8 Å². The number of esters is 1. The quantitative estimate of drug-likeness (QED) is 0.340. The van der Waals surface area contributed by atoms with E-state index in [1.807, 2.05) is 60.7 Å². The minimum atomic E-state index is -3.56. The van der Waals surface area contributed by atoms with Crippen LogP contribution in [-0.4, -0.2) is 36.2 Å². The lowest BCUT2D eigenvalue weighted by atomic mass is 10.1. The third kappa shape index (κ3) is 9.80. The maximum Gasteiger partial charge on any atom is 0.408 e. The topological polar surface area (TPSA) is 90.9 Å². The second-order valence-corrected chi connectivity index (χ2v) is 11.3. The number of benzene rings is 2. The number of ether oxygens (including phenoxy) is 2. The second-order valence-electron chi connectivity index (χ2n) is 8.62. The van der Waals surface area contributed by atoms with Crippen molar-refractivity contribution in [3.05, 3.63) is 71.8 Å². The summed E-state index contributed by atoms with van der Waals surface area (Å²) in [4.78, 5) is 24.7. The number of alkyl carbamates (subject to hydrolysis) is 1. The van der Waals surface area contributed by atoms with Crippen molar-refractivity contribution in [2.45, 2.75) is 58.5 Å². The van der Waals surface area contributed by atoms with Gasteiger partial charge < -0.3 is 19.3 Å². The first-order valence-electron chi connectivity index (χ1n) is 11.1. The predicted octanol–water partition coefficient (Wildman–Crippen LogP) is 5.53. The van der Waals surface area contributed by atoms with Crippen LogP contribution in [-0.2, 0) is 36.4 Å². The van der Waals surface area contributed by atoms with Gasteiger partial charge in [-0.25, -0.2) is 4.79 Å². The Morgan fingerprint density at radius 2 is 1.52 bits per heavy atom. The average Bonchev–Trinajstić information content (AvgIpc) is 2.76. The molecule has 1 N–H and O–H groups in total. The Balaban J connectivity index is 2.24. The maximum absolute atomic E-state index is 14.2. The molecule has 0 fully saturated rings. The number of nitrogens with one attached hydrogen (secondary N) is 1. The molecule has 2 rings (SSSR count). The molecule has 2 atom stereocenters. The van der Waals surface area contributed by atoms with Crippen molar-refractivity contribution in [3.8, 4) is 0 Å². The number of carbonyl (C=O) groups is 2. The Hall–Kier alpha value is -2.63. The molecule has 0 saturated heterocycles. The van der Waals surface area contributed by atoms with Gasteiger partial charge in [-0.05, 0) is 38.8 Å². The summed E-state index contributed by atoms with van der Waals surface area (Å²) < 4.78 is 30.6. The van der Waals surface area contributed by atoms with Gasteiger partial charge in [0.1, 0.15) is 12.4 Å². The van der Waals surface area contributed by atoms with E-state index >= 15 is 0 Å². The highest BCUT2D eigenvalue weighted by atomic mass is 31.2. The first-order chi connectivity index (χ1) is 15.6. The Bertz CT molecular complexity index is 927. The van der Waals surface area contributed by atoms with Crippen molar-refractivity contribution in [3.63, 3.8) is 0 Å². The highest BCUT2D eigenvalue weighted by Crippen LogP contribution is 2.55. The average molecular weight is 476 g/mol. The van der Waals surface area contributed by atoms with Crippen LogP contribution in [0.2, 0.25) is 0 Å². The van der Waals surface area contributed by atoms with E-state index in [-0.39, 0.29) is 32.2 Å². The highest BCUT2D eigenvalue weighted by Gasteiger charge is 2.39. The summed E-state index contributed by atoms with van der Waals surface area (Å²) in [6, 6.07) is 18.7. The first kappa shape index (κ1) is 26.6. The van der Waals surface area contributed by atoms with Gasteiger partial charge >= 0.3 is 12.1 Å². The van der Waals surface area contributed by atoms with E-state index in [0.717, 1.165) is 11.1 Å². The molecule has 0 spiro atoms. The first-order valence-corrected chi connectivity index (χ1v) is 13.0. The van der Waals surface area contributed by atoms with Crippen LogP contribution in [0.3, 0.4) is 0 Å².